The first kappa shape index (κ1) is 73.7. The van der Waals surface area contributed by atoms with E-state index in [0.717, 1.165) is 134 Å². The van der Waals surface area contributed by atoms with Gasteiger partial charge in [0.15, 0.2) is 0 Å². The van der Waals surface area contributed by atoms with Crippen LogP contribution in [0.4, 0.5) is 0 Å². The monoisotopic (exact) mass is 1700 g/mol. The average Bonchev–Trinajstić information content (AvgIpc) is 1.48. The third kappa shape index (κ3) is 11.0. The number of fused-ring (bicyclic) bond motifs is 24. The molecule has 31 aromatic rings. The van der Waals surface area contributed by atoms with Gasteiger partial charge in [-0.15, -0.1) is 0 Å². The Kier molecular flexibility index (Phi) is 15.8. The van der Waals surface area contributed by atoms with Crippen LogP contribution in [-0.2, 0) is 0 Å². The first-order valence-corrected chi connectivity index (χ1v) is 45.5. The zero-order chi connectivity index (χ0) is 87.5. The first-order valence-electron chi connectivity index (χ1n) is 45.5. The maximum Gasteiger partial charge on any atom is 0.221 e. The van der Waals surface area contributed by atoms with E-state index in [9.17, 15) is 0 Å². The molecule has 0 fully saturated rings. The minimum atomic E-state index is 0.837. The van der Waals surface area contributed by atoms with Crippen molar-refractivity contribution < 1.29 is 0 Å². The van der Waals surface area contributed by atoms with E-state index in [1.165, 1.54) is 141 Å². The highest BCUT2D eigenvalue weighted by molar-refractivity contribution is 6.28. The summed E-state index contributed by atoms with van der Waals surface area (Å²) >= 11 is 0. The Balaban J connectivity index is 0.0000000981. The molecule has 0 amide bonds. The molecule has 134 heavy (non-hydrogen) atoms. The lowest BCUT2D eigenvalue weighted by Crippen LogP contribution is -2.06. The summed E-state index contributed by atoms with van der Waals surface area (Å²) < 4.78 is 13.6. The number of rotatable bonds is 7. The number of benzene rings is 22. The summed E-state index contributed by atoms with van der Waals surface area (Å²) in [6.45, 7) is 0. The van der Waals surface area contributed by atoms with E-state index in [2.05, 4.69) is 427 Å². The van der Waals surface area contributed by atoms with Crippen LogP contribution in [0, 0.1) is 0 Å². The molecule has 31 rings (SSSR count). The molecule has 0 aliphatic heterocycles. The van der Waals surface area contributed by atoms with Crippen molar-refractivity contribution in [3.8, 4) is 62.4 Å². The molecule has 12 nitrogen and oxygen atoms in total. The van der Waals surface area contributed by atoms with Crippen LogP contribution in [0.3, 0.4) is 0 Å². The van der Waals surface area contributed by atoms with E-state index < -0.39 is 0 Å². The Hall–Kier alpha value is -18.3. The lowest BCUT2D eigenvalue weighted by molar-refractivity contribution is 0.979. The standard InChI is InChI=1S/2C42H24N4.C38H24N4/c1-3-15-34-31(13-1)41-43-35-16-4-6-18-38(35)46(41)42(44-34)45-36-17-5-2-12-29(36)33-23-27(21-22-37(33)45)32-24-28-11-7-9-25-19-20-26-10-8-14-30(32)40(26)39(25)28;1-3-12-34-32(11-1)41-43-35-13-4-6-15-38(35)46(41)42(44-34)45-36-14-5-2-10-31(36)33-24-27(20-21-37(33)45)30-22-28-18-16-25-8-7-9-26-17-19-29(23-30)40(28)39(25)26;1-2-10-25(11-3-1)26-18-20-27(21-19-26)28-22-23-35-31(24-28)29-12-5-8-16-34(29)41(35)38-40-32-14-6-4-13-30(32)37-39-33-15-7-9-17-36(33)42(37)38/h2*1-24H;1-24H. The highest BCUT2D eigenvalue weighted by atomic mass is 15.3. The molecule has 12 heteroatoms. The molecule has 9 aromatic heterocycles. The Bertz CT molecular complexity index is 10300. The minimum Gasteiger partial charge on any atom is -0.279 e. The Labute approximate surface area is 763 Å². The summed E-state index contributed by atoms with van der Waals surface area (Å²) in [7, 11) is 0. The second-order valence-corrected chi connectivity index (χ2v) is 35.2. The van der Waals surface area contributed by atoms with Gasteiger partial charge in [-0.1, -0.05) is 291 Å². The molecule has 22 aromatic carbocycles. The van der Waals surface area contributed by atoms with Crippen LogP contribution in [0.25, 0.3) is 275 Å². The van der Waals surface area contributed by atoms with E-state index in [0.29, 0.717) is 0 Å². The van der Waals surface area contributed by atoms with E-state index in [1.807, 2.05) is 36.4 Å². The van der Waals surface area contributed by atoms with Crippen molar-refractivity contribution in [3.63, 3.8) is 0 Å². The molecule has 0 unspecified atom stereocenters. The molecule has 0 saturated carbocycles. The van der Waals surface area contributed by atoms with Crippen molar-refractivity contribution in [2.75, 3.05) is 0 Å². The van der Waals surface area contributed by atoms with Gasteiger partial charge >= 0.3 is 0 Å². The van der Waals surface area contributed by atoms with Gasteiger partial charge in [-0.2, -0.15) is 0 Å². The Morgan fingerprint density at radius 1 is 0.142 bits per heavy atom. The van der Waals surface area contributed by atoms with Gasteiger partial charge < -0.3 is 0 Å². The number of para-hydroxylation sites is 12. The van der Waals surface area contributed by atoms with Crippen LogP contribution in [0.1, 0.15) is 0 Å². The average molecular weight is 1710 g/mol. The van der Waals surface area contributed by atoms with Gasteiger partial charge in [0.25, 0.3) is 0 Å². The van der Waals surface area contributed by atoms with Crippen LogP contribution in [0.5, 0.6) is 0 Å². The number of nitrogens with zero attached hydrogens (tertiary/aromatic N) is 12. The molecule has 0 aliphatic carbocycles. The highest BCUT2D eigenvalue weighted by Gasteiger charge is 2.27. The largest absolute Gasteiger partial charge is 0.279 e. The molecule has 0 atom stereocenters. The van der Waals surface area contributed by atoms with Crippen LogP contribution in [0.15, 0.2) is 437 Å². The summed E-state index contributed by atoms with van der Waals surface area (Å²) in [5.74, 6) is 2.51. The summed E-state index contributed by atoms with van der Waals surface area (Å²) in [4.78, 5) is 31.2. The first-order chi connectivity index (χ1) is 66.4. The van der Waals surface area contributed by atoms with Gasteiger partial charge in [0, 0.05) is 48.5 Å². The smallest absolute Gasteiger partial charge is 0.221 e. The van der Waals surface area contributed by atoms with Crippen molar-refractivity contribution >= 4 is 213 Å². The van der Waals surface area contributed by atoms with Crippen molar-refractivity contribution in [1.82, 2.24) is 56.8 Å². The van der Waals surface area contributed by atoms with E-state index in [1.54, 1.807) is 0 Å². The Morgan fingerprint density at radius 2 is 0.418 bits per heavy atom. The maximum atomic E-state index is 5.33. The molecule has 620 valence electrons. The lowest BCUT2D eigenvalue weighted by atomic mass is 9.89. The van der Waals surface area contributed by atoms with Crippen LogP contribution >= 0.6 is 0 Å². The van der Waals surface area contributed by atoms with E-state index in [-0.39, 0.29) is 0 Å². The topological polar surface area (TPSA) is 105 Å². The fraction of sp³-hybridized carbons (Fsp3) is 0. The third-order valence-electron chi connectivity index (χ3n) is 27.9. The van der Waals surface area contributed by atoms with Gasteiger partial charge in [-0.25, -0.2) is 29.9 Å². The molecule has 9 heterocycles. The maximum absolute atomic E-state index is 5.33. The van der Waals surface area contributed by atoms with Gasteiger partial charge in [-0.3, -0.25) is 26.9 Å². The fourth-order valence-corrected chi connectivity index (χ4v) is 21.9. The second-order valence-electron chi connectivity index (χ2n) is 35.2. The molecule has 0 radical (unpaired) electrons. The molecule has 0 saturated heterocycles. The second kappa shape index (κ2) is 28.6. The number of imidazole rings is 3. The molecular weight excluding hydrogens is 1630 g/mol. The van der Waals surface area contributed by atoms with Crippen LogP contribution < -0.4 is 0 Å². The molecule has 0 N–H and O–H groups in total. The van der Waals surface area contributed by atoms with Gasteiger partial charge in [0.05, 0.1) is 82.8 Å². The van der Waals surface area contributed by atoms with Crippen molar-refractivity contribution in [1.29, 1.82) is 0 Å². The normalized spacial score (nSPS) is 12.2. The van der Waals surface area contributed by atoms with Crippen LogP contribution in [-0.4, -0.2) is 56.8 Å². The molecular formula is C122H72N12. The summed E-state index contributed by atoms with van der Waals surface area (Å²) in [5.41, 5.74) is 27.9. The SMILES string of the molecule is c1cc2ccc3cc(-c4ccc5c(c4)c4ccccc4n5-c4nc5ccccc5c5nc6ccccc6n45)cc4ccc(c1)c2c34.c1cc2ccc3cccc4c(-c5ccc6c(c5)c5ccccc5n6-c5nc6ccccc6c6nc7ccccc7n56)cc(c1)c2c34.c1ccc(-c2ccc(-c3ccc4c(c3)c3ccccc3n4-c3nc4ccccc4c4nc5ccccc5n34)cc2)cc1. The Morgan fingerprint density at radius 3 is 0.851 bits per heavy atom. The number of hydrogen-bond donors (Lipinski definition) is 0. The zero-order valence-corrected chi connectivity index (χ0v) is 71.9. The third-order valence-corrected chi connectivity index (χ3v) is 27.9. The van der Waals surface area contributed by atoms with Crippen molar-refractivity contribution in [2.24, 2.45) is 0 Å². The van der Waals surface area contributed by atoms with E-state index >= 15 is 0 Å². The number of hydrogen-bond acceptors (Lipinski definition) is 6. The predicted molar refractivity (Wildman–Crippen MR) is 556 cm³/mol. The number of aromatic nitrogens is 12. The summed E-state index contributed by atoms with van der Waals surface area (Å²) in [6.07, 6.45) is 0. The zero-order valence-electron chi connectivity index (χ0n) is 71.9. The van der Waals surface area contributed by atoms with Gasteiger partial charge in [0.2, 0.25) is 17.8 Å². The minimum absolute atomic E-state index is 0.837. The van der Waals surface area contributed by atoms with Crippen LogP contribution in [0.2, 0.25) is 0 Å². The summed E-state index contributed by atoms with van der Waals surface area (Å²) in [5, 5.41) is 25.9. The van der Waals surface area contributed by atoms with Gasteiger partial charge in [-0.05, 0) is 255 Å². The highest BCUT2D eigenvalue weighted by Crippen LogP contribution is 2.47. The molecule has 0 bridgehead atoms. The quantitative estimate of drug-likeness (QED) is 0.147. The van der Waals surface area contributed by atoms with Crippen molar-refractivity contribution in [2.45, 2.75) is 0 Å². The van der Waals surface area contributed by atoms with Gasteiger partial charge in [0.1, 0.15) is 16.9 Å². The molecule has 0 spiro atoms. The predicted octanol–water partition coefficient (Wildman–Crippen LogP) is 30.9. The van der Waals surface area contributed by atoms with Crippen molar-refractivity contribution in [3.05, 3.63) is 437 Å². The summed E-state index contributed by atoms with van der Waals surface area (Å²) in [6, 6.07) is 156. The lowest BCUT2D eigenvalue weighted by Gasteiger charge is -2.15. The fourth-order valence-electron chi connectivity index (χ4n) is 21.9. The molecule has 0 aliphatic rings. The van der Waals surface area contributed by atoms with E-state index in [4.69, 9.17) is 29.9 Å².